The molecule has 128 valence electrons. The number of furan rings is 1. The van der Waals surface area contributed by atoms with Crippen LogP contribution in [0.2, 0.25) is 5.02 Å². The zero-order valence-corrected chi connectivity index (χ0v) is 14.6. The van der Waals surface area contributed by atoms with Crippen LogP contribution < -0.4 is 5.32 Å². The number of carbonyl (C=O) groups excluding carboxylic acids is 3. The smallest absolute Gasteiger partial charge is 0.375 e. The van der Waals surface area contributed by atoms with Gasteiger partial charge in [-0.05, 0) is 24.4 Å². The maximum absolute atomic E-state index is 12.1. The number of hydrogen-bond acceptors (Lipinski definition) is 6. The summed E-state index contributed by atoms with van der Waals surface area (Å²) < 4.78 is 10.4. The third kappa shape index (κ3) is 3.57. The van der Waals surface area contributed by atoms with Crippen molar-refractivity contribution in [3.05, 3.63) is 56.9 Å². The fraction of sp³-hybridized carbons (Fsp3) is 0.118. The third-order valence-electron chi connectivity index (χ3n) is 3.43. The molecule has 2 amide bonds. The number of halogens is 1. The van der Waals surface area contributed by atoms with E-state index in [0.29, 0.717) is 26.4 Å². The molecule has 0 saturated heterocycles. The summed E-state index contributed by atoms with van der Waals surface area (Å²) in [6.07, 6.45) is 0. The molecule has 0 fully saturated rings. The van der Waals surface area contributed by atoms with Gasteiger partial charge in [0.2, 0.25) is 5.76 Å². The molecule has 2 aromatic heterocycles. The number of benzene rings is 1. The van der Waals surface area contributed by atoms with Crippen LogP contribution in [-0.4, -0.2) is 24.4 Å². The number of imide groups is 1. The molecule has 0 aliphatic carbocycles. The van der Waals surface area contributed by atoms with Crippen LogP contribution in [0, 0.1) is 6.92 Å². The number of carbonyl (C=O) groups is 3. The molecule has 0 unspecified atom stereocenters. The molecule has 0 saturated carbocycles. The predicted molar refractivity (Wildman–Crippen MR) is 93.0 cm³/mol. The lowest BCUT2D eigenvalue weighted by Crippen LogP contribution is -2.33. The second-order valence-electron chi connectivity index (χ2n) is 5.10. The monoisotopic (exact) mass is 377 g/mol. The van der Waals surface area contributed by atoms with Gasteiger partial charge in [-0.3, -0.25) is 14.9 Å². The van der Waals surface area contributed by atoms with Gasteiger partial charge in [-0.15, -0.1) is 11.3 Å². The molecule has 0 aliphatic heterocycles. The number of amides is 2. The molecule has 3 rings (SSSR count). The van der Waals surface area contributed by atoms with Crippen LogP contribution in [-0.2, 0) is 9.53 Å². The summed E-state index contributed by atoms with van der Waals surface area (Å²) >= 11 is 7.23. The fourth-order valence-corrected chi connectivity index (χ4v) is 3.06. The second-order valence-corrected chi connectivity index (χ2v) is 6.46. The van der Waals surface area contributed by atoms with Gasteiger partial charge in [-0.2, -0.15) is 0 Å². The van der Waals surface area contributed by atoms with Crippen LogP contribution in [0.15, 0.2) is 40.1 Å². The summed E-state index contributed by atoms with van der Waals surface area (Å²) in [6, 6.07) is 8.43. The number of esters is 1. The summed E-state index contributed by atoms with van der Waals surface area (Å²) in [5, 5.41) is 4.93. The molecular weight excluding hydrogens is 366 g/mol. The van der Waals surface area contributed by atoms with Crippen LogP contribution in [0.25, 0.3) is 11.0 Å². The van der Waals surface area contributed by atoms with Gasteiger partial charge in [0.15, 0.2) is 12.2 Å². The summed E-state index contributed by atoms with van der Waals surface area (Å²) in [5.41, 5.74) is 0.948. The highest BCUT2D eigenvalue weighted by Crippen LogP contribution is 2.30. The van der Waals surface area contributed by atoms with Crippen molar-refractivity contribution in [3.63, 3.8) is 0 Å². The Morgan fingerprint density at radius 3 is 2.72 bits per heavy atom. The van der Waals surface area contributed by atoms with E-state index in [-0.39, 0.29) is 5.76 Å². The first-order chi connectivity index (χ1) is 12.0. The van der Waals surface area contributed by atoms with Crippen LogP contribution in [0.1, 0.15) is 25.8 Å². The number of hydrogen-bond donors (Lipinski definition) is 1. The molecule has 0 bridgehead atoms. The third-order valence-corrected chi connectivity index (χ3v) is 4.60. The largest absolute Gasteiger partial charge is 0.450 e. The Kier molecular flexibility index (Phi) is 4.87. The Hall–Kier alpha value is -2.64. The van der Waals surface area contributed by atoms with Gasteiger partial charge in [-0.1, -0.05) is 29.8 Å². The summed E-state index contributed by atoms with van der Waals surface area (Å²) in [7, 11) is 0. The van der Waals surface area contributed by atoms with Gasteiger partial charge >= 0.3 is 5.97 Å². The Bertz CT molecular complexity index is 961. The van der Waals surface area contributed by atoms with E-state index in [2.05, 4.69) is 5.32 Å². The summed E-state index contributed by atoms with van der Waals surface area (Å²) in [6.45, 7) is 1.10. The van der Waals surface area contributed by atoms with E-state index in [1.165, 1.54) is 11.3 Å². The van der Waals surface area contributed by atoms with Crippen LogP contribution in [0.3, 0.4) is 0 Å². The van der Waals surface area contributed by atoms with E-state index in [4.69, 9.17) is 20.8 Å². The highest BCUT2D eigenvalue weighted by atomic mass is 35.5. The molecule has 6 nitrogen and oxygen atoms in total. The molecule has 0 atom stereocenters. The van der Waals surface area contributed by atoms with Crippen molar-refractivity contribution in [2.24, 2.45) is 0 Å². The minimum Gasteiger partial charge on any atom is -0.450 e. The number of thiophene rings is 1. The van der Waals surface area contributed by atoms with Crippen molar-refractivity contribution in [1.29, 1.82) is 0 Å². The molecular formula is C17H12ClNO5S. The molecule has 1 aromatic carbocycles. The van der Waals surface area contributed by atoms with E-state index in [0.717, 1.165) is 0 Å². The number of para-hydroxylation sites is 1. The van der Waals surface area contributed by atoms with Crippen molar-refractivity contribution in [2.75, 3.05) is 6.61 Å². The van der Waals surface area contributed by atoms with E-state index in [9.17, 15) is 14.4 Å². The maximum Gasteiger partial charge on any atom is 0.375 e. The summed E-state index contributed by atoms with van der Waals surface area (Å²) in [4.78, 5) is 36.0. The van der Waals surface area contributed by atoms with Crippen molar-refractivity contribution in [3.8, 4) is 0 Å². The topological polar surface area (TPSA) is 85.6 Å². The molecule has 1 N–H and O–H groups in total. The lowest BCUT2D eigenvalue weighted by molar-refractivity contribution is -0.123. The predicted octanol–water partition coefficient (Wildman–Crippen LogP) is 3.57. The van der Waals surface area contributed by atoms with E-state index in [1.807, 2.05) is 0 Å². The zero-order chi connectivity index (χ0) is 18.0. The average Bonchev–Trinajstić information content (AvgIpc) is 3.22. The van der Waals surface area contributed by atoms with Crippen molar-refractivity contribution in [2.45, 2.75) is 6.92 Å². The van der Waals surface area contributed by atoms with Crippen molar-refractivity contribution in [1.82, 2.24) is 5.32 Å². The minimum absolute atomic E-state index is 0.0273. The minimum atomic E-state index is -0.802. The highest BCUT2D eigenvalue weighted by molar-refractivity contribution is 7.12. The van der Waals surface area contributed by atoms with E-state index in [1.54, 1.807) is 42.6 Å². The first kappa shape index (κ1) is 17.2. The molecule has 3 aromatic rings. The number of fused-ring (bicyclic) bond motifs is 1. The number of rotatable bonds is 4. The van der Waals surface area contributed by atoms with E-state index < -0.39 is 24.4 Å². The Morgan fingerprint density at radius 1 is 1.24 bits per heavy atom. The molecule has 0 aliphatic rings. The molecule has 8 heteroatoms. The molecule has 25 heavy (non-hydrogen) atoms. The first-order valence-electron chi connectivity index (χ1n) is 7.20. The average molecular weight is 378 g/mol. The zero-order valence-electron chi connectivity index (χ0n) is 13.0. The Morgan fingerprint density at radius 2 is 2.04 bits per heavy atom. The van der Waals surface area contributed by atoms with Gasteiger partial charge in [0.25, 0.3) is 11.8 Å². The first-order valence-corrected chi connectivity index (χ1v) is 8.45. The van der Waals surface area contributed by atoms with Crippen LogP contribution >= 0.6 is 22.9 Å². The normalized spacial score (nSPS) is 10.6. The standard InChI is InChI=1S/C17H12ClNO5S/c1-9-10-4-2-5-11(18)15(10)24-14(9)17(22)23-8-13(20)19-16(21)12-6-3-7-25-12/h2-7H,8H2,1H3,(H,19,20,21). The van der Waals surface area contributed by atoms with Crippen molar-refractivity contribution >= 4 is 51.7 Å². The SMILES string of the molecule is Cc1c(C(=O)OCC(=O)NC(=O)c2cccs2)oc2c(Cl)cccc12. The van der Waals surface area contributed by atoms with Gasteiger partial charge in [0.05, 0.1) is 9.90 Å². The van der Waals surface area contributed by atoms with E-state index >= 15 is 0 Å². The summed E-state index contributed by atoms with van der Waals surface area (Å²) in [5.74, 6) is -2.09. The quantitative estimate of drug-likeness (QED) is 0.702. The lowest BCUT2D eigenvalue weighted by Gasteiger charge is -2.04. The fourth-order valence-electron chi connectivity index (χ4n) is 2.23. The number of nitrogens with one attached hydrogen (secondary N) is 1. The highest BCUT2D eigenvalue weighted by Gasteiger charge is 2.21. The molecule has 0 radical (unpaired) electrons. The second kappa shape index (κ2) is 7.08. The molecule has 2 heterocycles. The molecule has 0 spiro atoms. The Labute approximate surface area is 151 Å². The van der Waals surface area contributed by atoms with Crippen LogP contribution in [0.4, 0.5) is 0 Å². The van der Waals surface area contributed by atoms with Crippen molar-refractivity contribution < 1.29 is 23.5 Å². The van der Waals surface area contributed by atoms with Gasteiger partial charge in [0.1, 0.15) is 0 Å². The van der Waals surface area contributed by atoms with Gasteiger partial charge < -0.3 is 9.15 Å². The Balaban J connectivity index is 1.65. The maximum atomic E-state index is 12.1. The van der Waals surface area contributed by atoms with Crippen LogP contribution in [0.5, 0.6) is 0 Å². The van der Waals surface area contributed by atoms with Gasteiger partial charge in [0, 0.05) is 10.9 Å². The number of aryl methyl sites for hydroxylation is 1. The lowest BCUT2D eigenvalue weighted by atomic mass is 10.1. The number of ether oxygens (including phenoxy) is 1. The van der Waals surface area contributed by atoms with Gasteiger partial charge in [-0.25, -0.2) is 4.79 Å².